The van der Waals surface area contributed by atoms with Crippen molar-refractivity contribution in [1.82, 2.24) is 5.32 Å². The Morgan fingerprint density at radius 1 is 1.23 bits per heavy atom. The molecule has 2 rings (SSSR count). The van der Waals surface area contributed by atoms with Gasteiger partial charge in [-0.25, -0.2) is 0 Å². The Labute approximate surface area is 134 Å². The second-order valence-corrected chi connectivity index (χ2v) is 6.13. The summed E-state index contributed by atoms with van der Waals surface area (Å²) in [6.07, 6.45) is 0. The number of rotatable bonds is 6. The summed E-state index contributed by atoms with van der Waals surface area (Å²) in [7, 11) is 3.57. The molecule has 0 radical (unpaired) electrons. The maximum atomic E-state index is 12.1. The van der Waals surface area contributed by atoms with Crippen LogP contribution in [0.1, 0.15) is 15.2 Å². The Kier molecular flexibility index (Phi) is 5.68. The van der Waals surface area contributed by atoms with Gasteiger partial charge in [0.1, 0.15) is 6.54 Å². The van der Waals surface area contributed by atoms with Gasteiger partial charge in [0, 0.05) is 18.3 Å². The molecule has 1 heterocycles. The van der Waals surface area contributed by atoms with Gasteiger partial charge in [-0.05, 0) is 29.6 Å². The van der Waals surface area contributed by atoms with Gasteiger partial charge in [-0.15, -0.1) is 11.3 Å². The number of hydrogen-bond donors (Lipinski definition) is 3. The van der Waals surface area contributed by atoms with E-state index >= 15 is 0 Å². The quantitative estimate of drug-likeness (QED) is 0.736. The summed E-state index contributed by atoms with van der Waals surface area (Å²) in [5, 5.41) is 7.43. The van der Waals surface area contributed by atoms with Crippen LogP contribution in [0, 0.1) is 0 Å². The molecule has 3 N–H and O–H groups in total. The van der Waals surface area contributed by atoms with Crippen molar-refractivity contribution in [3.8, 4) is 0 Å². The zero-order valence-electron chi connectivity index (χ0n) is 12.7. The number of nitrogens with one attached hydrogen (secondary N) is 3. The molecule has 0 aliphatic heterocycles. The highest BCUT2D eigenvalue weighted by Gasteiger charge is 2.12. The van der Waals surface area contributed by atoms with E-state index in [-0.39, 0.29) is 11.8 Å². The summed E-state index contributed by atoms with van der Waals surface area (Å²) in [4.78, 5) is 26.0. The lowest BCUT2D eigenvalue weighted by molar-refractivity contribution is -0.884. The predicted molar refractivity (Wildman–Crippen MR) is 88.2 cm³/mol. The molecule has 0 aliphatic carbocycles. The molecule has 0 spiro atoms. The lowest BCUT2D eigenvalue weighted by Crippen LogP contribution is -3.08. The van der Waals surface area contributed by atoms with Crippen LogP contribution in [0.15, 0.2) is 41.8 Å². The van der Waals surface area contributed by atoms with E-state index in [0.29, 0.717) is 17.8 Å². The standard InChI is InChI=1S/C16H19N3O2S/c1-17-16(21)12-5-3-6-13(9-12)18-15(20)11-19(2)10-14-7-4-8-22-14/h3-9H,10-11H2,1-2H3,(H,17,21)(H,18,20)/p+1. The Balaban J connectivity index is 1.90. The van der Waals surface area contributed by atoms with Gasteiger partial charge in [0.2, 0.25) is 0 Å². The third-order valence-corrected chi connectivity index (χ3v) is 4.03. The number of hydrogen-bond acceptors (Lipinski definition) is 3. The molecule has 22 heavy (non-hydrogen) atoms. The molecule has 1 aromatic carbocycles. The molecule has 1 unspecified atom stereocenters. The number of benzene rings is 1. The first-order chi connectivity index (χ1) is 10.6. The van der Waals surface area contributed by atoms with E-state index in [1.165, 1.54) is 4.88 Å². The number of carbonyl (C=O) groups is 2. The minimum Gasteiger partial charge on any atom is -0.355 e. The van der Waals surface area contributed by atoms with Crippen LogP contribution < -0.4 is 15.5 Å². The molecule has 2 amide bonds. The van der Waals surface area contributed by atoms with E-state index in [9.17, 15) is 9.59 Å². The topological polar surface area (TPSA) is 62.6 Å². The van der Waals surface area contributed by atoms with Gasteiger partial charge >= 0.3 is 0 Å². The molecule has 5 nitrogen and oxygen atoms in total. The molecule has 0 bridgehead atoms. The van der Waals surface area contributed by atoms with Crippen LogP contribution in [0.4, 0.5) is 5.69 Å². The van der Waals surface area contributed by atoms with Gasteiger partial charge in [-0.2, -0.15) is 0 Å². The van der Waals surface area contributed by atoms with Crippen LogP contribution >= 0.6 is 11.3 Å². The van der Waals surface area contributed by atoms with Crippen LogP contribution in [-0.2, 0) is 11.3 Å². The van der Waals surface area contributed by atoms with E-state index < -0.39 is 0 Å². The average molecular weight is 318 g/mol. The van der Waals surface area contributed by atoms with Crippen molar-refractivity contribution in [3.63, 3.8) is 0 Å². The SMILES string of the molecule is CNC(=O)c1cccc(NC(=O)C[NH+](C)Cc2cccs2)c1. The molecular formula is C16H20N3O2S+. The summed E-state index contributed by atoms with van der Waals surface area (Å²) in [6.45, 7) is 1.20. The third-order valence-electron chi connectivity index (χ3n) is 3.15. The molecule has 0 saturated carbocycles. The van der Waals surface area contributed by atoms with Gasteiger partial charge in [0.15, 0.2) is 6.54 Å². The van der Waals surface area contributed by atoms with E-state index in [0.717, 1.165) is 11.4 Å². The van der Waals surface area contributed by atoms with E-state index in [2.05, 4.69) is 16.7 Å². The van der Waals surface area contributed by atoms with Gasteiger partial charge in [0.25, 0.3) is 11.8 Å². The molecular weight excluding hydrogens is 298 g/mol. The third kappa shape index (κ3) is 4.68. The highest BCUT2D eigenvalue weighted by molar-refractivity contribution is 7.09. The number of thiophene rings is 1. The fraction of sp³-hybridized carbons (Fsp3) is 0.250. The van der Waals surface area contributed by atoms with Crippen molar-refractivity contribution in [2.45, 2.75) is 6.54 Å². The summed E-state index contributed by atoms with van der Waals surface area (Å²) in [5.74, 6) is -0.236. The number of carbonyl (C=O) groups excluding carboxylic acids is 2. The van der Waals surface area contributed by atoms with Gasteiger partial charge in [-0.3, -0.25) is 9.59 Å². The van der Waals surface area contributed by atoms with Crippen LogP contribution in [0.2, 0.25) is 0 Å². The summed E-state index contributed by atoms with van der Waals surface area (Å²) in [5.41, 5.74) is 1.16. The highest BCUT2D eigenvalue weighted by atomic mass is 32.1. The Bertz CT molecular complexity index is 641. The molecule has 1 aromatic heterocycles. The number of likely N-dealkylation sites (N-methyl/N-ethyl adjacent to an activating group) is 1. The zero-order chi connectivity index (χ0) is 15.9. The number of quaternary nitrogens is 1. The summed E-state index contributed by atoms with van der Waals surface area (Å²) >= 11 is 1.69. The average Bonchev–Trinajstić information content (AvgIpc) is 2.99. The number of amides is 2. The smallest absolute Gasteiger partial charge is 0.279 e. The fourth-order valence-electron chi connectivity index (χ4n) is 2.13. The zero-order valence-corrected chi connectivity index (χ0v) is 13.5. The molecule has 6 heteroatoms. The first kappa shape index (κ1) is 16.2. The summed E-state index contributed by atoms with van der Waals surface area (Å²) in [6, 6.07) is 11.0. The predicted octanol–water partition coefficient (Wildman–Crippen LogP) is 0.761. The lowest BCUT2D eigenvalue weighted by atomic mass is 10.2. The Hall–Kier alpha value is -2.18. The van der Waals surface area contributed by atoms with Gasteiger partial charge in [0.05, 0.1) is 11.9 Å². The normalized spacial score (nSPS) is 11.7. The van der Waals surface area contributed by atoms with Crippen molar-refractivity contribution in [3.05, 3.63) is 52.2 Å². The lowest BCUT2D eigenvalue weighted by Gasteiger charge is -2.13. The number of anilines is 1. The van der Waals surface area contributed by atoms with E-state index in [1.54, 1.807) is 42.6 Å². The van der Waals surface area contributed by atoms with E-state index in [1.807, 2.05) is 18.5 Å². The molecule has 0 fully saturated rings. The molecule has 0 saturated heterocycles. The first-order valence-electron chi connectivity index (χ1n) is 7.04. The molecule has 0 aliphatic rings. The van der Waals surface area contributed by atoms with Crippen LogP contribution in [0.3, 0.4) is 0 Å². The maximum Gasteiger partial charge on any atom is 0.279 e. The molecule has 1 atom stereocenters. The van der Waals surface area contributed by atoms with Gasteiger partial charge in [-0.1, -0.05) is 12.1 Å². The van der Waals surface area contributed by atoms with Crippen molar-refractivity contribution >= 4 is 28.8 Å². The largest absolute Gasteiger partial charge is 0.355 e. The van der Waals surface area contributed by atoms with E-state index in [4.69, 9.17) is 0 Å². The van der Waals surface area contributed by atoms with Gasteiger partial charge < -0.3 is 15.5 Å². The second-order valence-electron chi connectivity index (χ2n) is 5.10. The first-order valence-corrected chi connectivity index (χ1v) is 7.92. The molecule has 116 valence electrons. The van der Waals surface area contributed by atoms with Crippen LogP contribution in [0.5, 0.6) is 0 Å². The fourth-order valence-corrected chi connectivity index (χ4v) is 2.95. The minimum absolute atomic E-state index is 0.0666. The highest BCUT2D eigenvalue weighted by Crippen LogP contribution is 2.10. The minimum atomic E-state index is -0.170. The van der Waals surface area contributed by atoms with Crippen LogP contribution in [-0.4, -0.2) is 32.5 Å². The van der Waals surface area contributed by atoms with Crippen LogP contribution in [0.25, 0.3) is 0 Å². The Morgan fingerprint density at radius 3 is 2.73 bits per heavy atom. The monoisotopic (exact) mass is 318 g/mol. The second kappa shape index (κ2) is 7.72. The Morgan fingerprint density at radius 2 is 2.05 bits per heavy atom. The molecule has 2 aromatic rings. The van der Waals surface area contributed by atoms with Crippen molar-refractivity contribution in [1.29, 1.82) is 0 Å². The van der Waals surface area contributed by atoms with Crippen molar-refractivity contribution in [2.75, 3.05) is 26.0 Å². The summed E-state index contributed by atoms with van der Waals surface area (Å²) < 4.78 is 0. The van der Waals surface area contributed by atoms with Crippen molar-refractivity contribution in [2.24, 2.45) is 0 Å². The van der Waals surface area contributed by atoms with Crippen molar-refractivity contribution < 1.29 is 14.5 Å². The maximum absolute atomic E-state index is 12.1.